The number of fused-ring (bicyclic) bond motifs is 3. The van der Waals surface area contributed by atoms with Crippen LogP contribution in [-0.2, 0) is 13.0 Å². The van der Waals surface area contributed by atoms with Gasteiger partial charge in [-0.1, -0.05) is 25.1 Å². The lowest BCUT2D eigenvalue weighted by atomic mass is 10.2. The number of aryl methyl sites for hydroxylation is 2. The average molecular weight is 403 g/mol. The lowest BCUT2D eigenvalue weighted by Gasteiger charge is -2.11. The molecular weight excluding hydrogens is 376 g/mol. The summed E-state index contributed by atoms with van der Waals surface area (Å²) >= 11 is 0. The molecule has 7 heteroatoms. The fraction of sp³-hybridized carbons (Fsp3) is 0.261. The van der Waals surface area contributed by atoms with Crippen LogP contribution in [0.1, 0.15) is 35.9 Å². The Balaban J connectivity index is 1.46. The second-order valence-electron chi connectivity index (χ2n) is 7.33. The highest BCUT2D eigenvalue weighted by molar-refractivity contribution is 6.06. The Kier molecular flexibility index (Phi) is 5.52. The van der Waals surface area contributed by atoms with Crippen LogP contribution in [0.25, 0.3) is 21.9 Å². The molecule has 0 aliphatic heterocycles. The van der Waals surface area contributed by atoms with Crippen LogP contribution in [-0.4, -0.2) is 27.0 Å². The van der Waals surface area contributed by atoms with Gasteiger partial charge < -0.3 is 21.4 Å². The summed E-state index contributed by atoms with van der Waals surface area (Å²) in [5.74, 6) is 1.39. The van der Waals surface area contributed by atoms with E-state index in [0.717, 1.165) is 53.6 Å². The number of carbonyl (C=O) groups excluding carboxylic acids is 1. The molecule has 154 valence electrons. The quantitative estimate of drug-likeness (QED) is 0.323. The number of para-hydroxylation sites is 1. The van der Waals surface area contributed by atoms with Crippen LogP contribution in [0.3, 0.4) is 0 Å². The predicted molar refractivity (Wildman–Crippen MR) is 121 cm³/mol. The molecule has 0 aliphatic rings. The molecule has 1 amide bonds. The number of hydrogen-bond acceptors (Lipinski definition) is 5. The van der Waals surface area contributed by atoms with E-state index >= 15 is 0 Å². The number of nitrogen functional groups attached to an aromatic ring is 2. The van der Waals surface area contributed by atoms with Crippen molar-refractivity contribution >= 4 is 39.3 Å². The number of nitrogens with two attached hydrogens (primary N) is 2. The van der Waals surface area contributed by atoms with Gasteiger partial charge in [-0.3, -0.25) is 4.79 Å². The van der Waals surface area contributed by atoms with Crippen LogP contribution in [0.2, 0.25) is 0 Å². The van der Waals surface area contributed by atoms with E-state index in [1.807, 2.05) is 18.2 Å². The number of unbranched alkanes of at least 4 members (excludes halogenated alkanes) is 1. The molecule has 7 nitrogen and oxygen atoms in total. The Bertz CT molecular complexity index is 1200. The summed E-state index contributed by atoms with van der Waals surface area (Å²) in [6, 6.07) is 14.9. The van der Waals surface area contributed by atoms with Gasteiger partial charge in [0, 0.05) is 36.1 Å². The second kappa shape index (κ2) is 8.41. The molecule has 0 spiro atoms. The second-order valence-corrected chi connectivity index (χ2v) is 7.33. The van der Waals surface area contributed by atoms with Crippen molar-refractivity contribution < 1.29 is 4.79 Å². The first-order valence-electron chi connectivity index (χ1n) is 10.3. The molecule has 4 rings (SSSR count). The summed E-state index contributed by atoms with van der Waals surface area (Å²) in [5, 5.41) is 4.03. The van der Waals surface area contributed by atoms with Crippen molar-refractivity contribution in [1.82, 2.24) is 19.9 Å². The normalized spacial score (nSPS) is 11.2. The van der Waals surface area contributed by atoms with E-state index in [1.54, 1.807) is 24.3 Å². The first-order valence-corrected chi connectivity index (χ1v) is 10.3. The number of anilines is 2. The molecule has 0 atom stereocenters. The van der Waals surface area contributed by atoms with E-state index in [-0.39, 0.29) is 5.91 Å². The topological polar surface area (TPSA) is 112 Å². The standard InChI is InChI=1S/C23H26N6O/c1-2-19-28-20-21(17-7-3-4-8-18(17)27-22(20)25)29(19)14-6-5-13-26-23(30)15-9-11-16(24)12-10-15/h3-4,7-12H,2,5-6,13-14,24H2,1H3,(H2,25,27)(H,26,30). The highest BCUT2D eigenvalue weighted by atomic mass is 16.1. The number of hydrogen-bond donors (Lipinski definition) is 3. The minimum absolute atomic E-state index is 0.0813. The Labute approximate surface area is 175 Å². The molecule has 0 bridgehead atoms. The number of aromatic nitrogens is 3. The lowest BCUT2D eigenvalue weighted by Crippen LogP contribution is -2.24. The molecule has 2 aromatic carbocycles. The fourth-order valence-corrected chi connectivity index (χ4v) is 3.75. The van der Waals surface area contributed by atoms with Crippen molar-refractivity contribution in [3.05, 3.63) is 59.9 Å². The number of nitrogens with one attached hydrogen (secondary N) is 1. The zero-order valence-corrected chi connectivity index (χ0v) is 17.1. The summed E-state index contributed by atoms with van der Waals surface area (Å²) < 4.78 is 2.25. The first kappa shape index (κ1) is 19.7. The van der Waals surface area contributed by atoms with Crippen molar-refractivity contribution in [2.45, 2.75) is 32.7 Å². The number of imidazole rings is 1. The highest BCUT2D eigenvalue weighted by Crippen LogP contribution is 2.29. The third-order valence-corrected chi connectivity index (χ3v) is 5.27. The Hall–Kier alpha value is -3.61. The minimum Gasteiger partial charge on any atom is -0.399 e. The van der Waals surface area contributed by atoms with Gasteiger partial charge in [0.2, 0.25) is 0 Å². The van der Waals surface area contributed by atoms with Gasteiger partial charge in [0.15, 0.2) is 5.82 Å². The largest absolute Gasteiger partial charge is 0.399 e. The van der Waals surface area contributed by atoms with E-state index in [9.17, 15) is 4.79 Å². The van der Waals surface area contributed by atoms with Gasteiger partial charge >= 0.3 is 0 Å². The summed E-state index contributed by atoms with van der Waals surface area (Å²) in [4.78, 5) is 21.5. The van der Waals surface area contributed by atoms with E-state index in [2.05, 4.69) is 27.9 Å². The molecule has 2 heterocycles. The number of amides is 1. The molecular formula is C23H26N6O. The van der Waals surface area contributed by atoms with Crippen molar-refractivity contribution in [2.75, 3.05) is 18.0 Å². The van der Waals surface area contributed by atoms with Crippen LogP contribution >= 0.6 is 0 Å². The highest BCUT2D eigenvalue weighted by Gasteiger charge is 2.16. The van der Waals surface area contributed by atoms with Gasteiger partial charge in [-0.2, -0.15) is 0 Å². The van der Waals surface area contributed by atoms with Gasteiger partial charge in [-0.25, -0.2) is 9.97 Å². The zero-order valence-electron chi connectivity index (χ0n) is 17.1. The van der Waals surface area contributed by atoms with Crippen molar-refractivity contribution in [1.29, 1.82) is 0 Å². The monoisotopic (exact) mass is 402 g/mol. The maximum Gasteiger partial charge on any atom is 0.251 e. The summed E-state index contributed by atoms with van der Waals surface area (Å²) in [5.41, 5.74) is 15.8. The van der Waals surface area contributed by atoms with E-state index in [1.165, 1.54) is 0 Å². The molecule has 2 aromatic heterocycles. The zero-order chi connectivity index (χ0) is 21.1. The molecule has 0 saturated carbocycles. The maximum absolute atomic E-state index is 12.2. The Morgan fingerprint density at radius 2 is 1.80 bits per heavy atom. The van der Waals surface area contributed by atoms with Crippen molar-refractivity contribution in [2.24, 2.45) is 0 Å². The molecule has 0 fully saturated rings. The third-order valence-electron chi connectivity index (χ3n) is 5.27. The molecule has 30 heavy (non-hydrogen) atoms. The van der Waals surface area contributed by atoms with Gasteiger partial charge in [-0.15, -0.1) is 0 Å². The molecule has 0 radical (unpaired) electrons. The summed E-state index contributed by atoms with van der Waals surface area (Å²) in [6.07, 6.45) is 2.59. The van der Waals surface area contributed by atoms with Gasteiger partial charge in [0.1, 0.15) is 11.3 Å². The van der Waals surface area contributed by atoms with Crippen LogP contribution in [0.15, 0.2) is 48.5 Å². The van der Waals surface area contributed by atoms with Crippen molar-refractivity contribution in [3.8, 4) is 0 Å². The number of nitrogens with zero attached hydrogens (tertiary/aromatic N) is 3. The molecule has 4 aromatic rings. The predicted octanol–water partition coefficient (Wildman–Crippen LogP) is 3.52. The average Bonchev–Trinajstić information content (AvgIpc) is 3.13. The van der Waals surface area contributed by atoms with Gasteiger partial charge in [0.05, 0.1) is 11.0 Å². The number of pyridine rings is 1. The fourth-order valence-electron chi connectivity index (χ4n) is 3.75. The van der Waals surface area contributed by atoms with Crippen molar-refractivity contribution in [3.63, 3.8) is 0 Å². The summed E-state index contributed by atoms with van der Waals surface area (Å²) in [6.45, 7) is 3.52. The molecule has 0 saturated heterocycles. The van der Waals surface area contributed by atoms with E-state index in [4.69, 9.17) is 16.5 Å². The summed E-state index contributed by atoms with van der Waals surface area (Å²) in [7, 11) is 0. The lowest BCUT2D eigenvalue weighted by molar-refractivity contribution is 0.0953. The van der Waals surface area contributed by atoms with Gasteiger partial charge in [0.25, 0.3) is 5.91 Å². The Morgan fingerprint density at radius 1 is 1.03 bits per heavy atom. The third kappa shape index (κ3) is 3.78. The smallest absolute Gasteiger partial charge is 0.251 e. The Morgan fingerprint density at radius 3 is 2.57 bits per heavy atom. The van der Waals surface area contributed by atoms with Crippen LogP contribution in [0.5, 0.6) is 0 Å². The van der Waals surface area contributed by atoms with Crippen LogP contribution < -0.4 is 16.8 Å². The van der Waals surface area contributed by atoms with Gasteiger partial charge in [-0.05, 0) is 43.2 Å². The molecule has 0 unspecified atom stereocenters. The SMILES string of the molecule is CCc1nc2c(N)nc3ccccc3c2n1CCCCNC(=O)c1ccc(N)cc1. The first-order chi connectivity index (χ1) is 14.6. The van der Waals surface area contributed by atoms with E-state index < -0.39 is 0 Å². The van der Waals surface area contributed by atoms with E-state index in [0.29, 0.717) is 23.6 Å². The number of carbonyl (C=O) groups is 1. The van der Waals surface area contributed by atoms with Crippen LogP contribution in [0, 0.1) is 0 Å². The maximum atomic E-state index is 12.2. The number of rotatable bonds is 7. The van der Waals surface area contributed by atoms with Crippen LogP contribution in [0.4, 0.5) is 11.5 Å². The minimum atomic E-state index is -0.0813. The molecule has 5 N–H and O–H groups in total. The molecule has 0 aliphatic carbocycles. The number of benzene rings is 2.